The molecule has 15 heavy (non-hydrogen) atoms. The number of aryl methyl sites for hydroxylation is 1. The molecule has 0 N–H and O–H groups in total. The van der Waals surface area contributed by atoms with E-state index in [1.807, 2.05) is 52.9 Å². The molecule has 0 heterocycles. The molecule has 0 amide bonds. The van der Waals surface area contributed by atoms with Crippen molar-refractivity contribution in [2.24, 2.45) is 0 Å². The number of rotatable bonds is 4. The minimum atomic E-state index is -0.196. The summed E-state index contributed by atoms with van der Waals surface area (Å²) in [7, 11) is 0. The molecular formula is C12H11IO2. The summed E-state index contributed by atoms with van der Waals surface area (Å²) in [6.45, 7) is 0.191. The Balaban J connectivity index is 2.24. The number of benzene rings is 1. The highest BCUT2D eigenvalue weighted by Crippen LogP contribution is 2.02. The third kappa shape index (κ3) is 5.43. The Morgan fingerprint density at radius 3 is 2.73 bits per heavy atom. The zero-order valence-electron chi connectivity index (χ0n) is 8.20. The summed E-state index contributed by atoms with van der Waals surface area (Å²) in [5.41, 5.74) is 1.15. The highest BCUT2D eigenvalue weighted by atomic mass is 127. The minimum Gasteiger partial charge on any atom is -0.452 e. The quantitative estimate of drug-likeness (QED) is 0.485. The van der Waals surface area contributed by atoms with E-state index in [2.05, 4.69) is 9.85 Å². The van der Waals surface area contributed by atoms with Crippen LogP contribution in [0.3, 0.4) is 0 Å². The van der Waals surface area contributed by atoms with Crippen LogP contribution in [0.15, 0.2) is 30.3 Å². The van der Waals surface area contributed by atoms with E-state index in [9.17, 15) is 4.79 Å². The summed E-state index contributed by atoms with van der Waals surface area (Å²) in [5, 5.41) is 0. The molecule has 0 saturated carbocycles. The van der Waals surface area contributed by atoms with Crippen LogP contribution in [-0.4, -0.2) is 12.6 Å². The summed E-state index contributed by atoms with van der Waals surface area (Å²) in [5.74, 6) is 2.47. The molecule has 0 unspecified atom stereocenters. The van der Waals surface area contributed by atoms with E-state index in [0.29, 0.717) is 6.42 Å². The molecule has 0 saturated heterocycles. The molecule has 0 fully saturated rings. The fourth-order valence-electron chi connectivity index (χ4n) is 1.11. The van der Waals surface area contributed by atoms with Crippen LogP contribution in [0.2, 0.25) is 0 Å². The first-order chi connectivity index (χ1) is 7.33. The second-order valence-corrected chi connectivity index (χ2v) is 3.46. The van der Waals surface area contributed by atoms with Crippen molar-refractivity contribution in [3.05, 3.63) is 35.9 Å². The minimum absolute atomic E-state index is 0.191. The maximum Gasteiger partial charge on any atom is 0.307 e. The topological polar surface area (TPSA) is 26.3 Å². The van der Waals surface area contributed by atoms with Gasteiger partial charge in [0.2, 0.25) is 0 Å². The molecule has 0 aromatic heterocycles. The summed E-state index contributed by atoms with van der Waals surface area (Å²) >= 11 is 1.91. The lowest BCUT2D eigenvalue weighted by Crippen LogP contribution is -2.05. The van der Waals surface area contributed by atoms with Crippen molar-refractivity contribution in [1.82, 2.24) is 0 Å². The SMILES string of the molecule is O=C(CCc1ccccc1)OCC#CI. The van der Waals surface area contributed by atoms with Crippen molar-refractivity contribution < 1.29 is 9.53 Å². The molecule has 78 valence electrons. The number of hydrogen-bond donors (Lipinski definition) is 0. The van der Waals surface area contributed by atoms with Crippen LogP contribution in [-0.2, 0) is 16.0 Å². The first kappa shape index (κ1) is 12.1. The van der Waals surface area contributed by atoms with Gasteiger partial charge in [-0.05, 0) is 15.9 Å². The first-order valence-corrected chi connectivity index (χ1v) is 5.69. The number of carbonyl (C=O) groups excluding carboxylic acids is 1. The molecule has 1 aromatic rings. The standard InChI is InChI=1S/C12H11IO2/c13-9-4-10-15-12(14)8-7-11-5-2-1-3-6-11/h1-3,5-6H,7-8,10H2. The predicted octanol–water partition coefficient (Wildman–Crippen LogP) is 2.56. The predicted molar refractivity (Wildman–Crippen MR) is 67.5 cm³/mol. The van der Waals surface area contributed by atoms with E-state index in [4.69, 9.17) is 4.74 Å². The number of ether oxygens (including phenoxy) is 1. The van der Waals surface area contributed by atoms with Crippen LogP contribution < -0.4 is 0 Å². The van der Waals surface area contributed by atoms with Crippen LogP contribution in [0.4, 0.5) is 0 Å². The second-order valence-electron chi connectivity index (χ2n) is 2.92. The molecule has 1 rings (SSSR count). The molecule has 0 spiro atoms. The smallest absolute Gasteiger partial charge is 0.307 e. The van der Waals surface area contributed by atoms with Crippen LogP contribution >= 0.6 is 22.6 Å². The van der Waals surface area contributed by atoms with E-state index in [1.165, 1.54) is 0 Å². The van der Waals surface area contributed by atoms with E-state index in [1.54, 1.807) is 0 Å². The average Bonchev–Trinajstić information content (AvgIpc) is 2.28. The van der Waals surface area contributed by atoms with Crippen LogP contribution in [0.1, 0.15) is 12.0 Å². The van der Waals surface area contributed by atoms with Gasteiger partial charge in [-0.2, -0.15) is 0 Å². The zero-order valence-corrected chi connectivity index (χ0v) is 10.4. The molecule has 1 aromatic carbocycles. The monoisotopic (exact) mass is 314 g/mol. The highest BCUT2D eigenvalue weighted by molar-refractivity contribution is 14.1. The Morgan fingerprint density at radius 1 is 1.33 bits per heavy atom. The second kappa shape index (κ2) is 7.30. The average molecular weight is 314 g/mol. The van der Waals surface area contributed by atoms with Gasteiger partial charge in [-0.3, -0.25) is 4.79 Å². The molecule has 0 atom stereocenters. The van der Waals surface area contributed by atoms with E-state index in [0.717, 1.165) is 12.0 Å². The van der Waals surface area contributed by atoms with Gasteiger partial charge < -0.3 is 4.74 Å². The Bertz CT molecular complexity index is 362. The van der Waals surface area contributed by atoms with Gasteiger partial charge in [-0.1, -0.05) is 36.3 Å². The lowest BCUT2D eigenvalue weighted by atomic mass is 10.1. The Morgan fingerprint density at radius 2 is 2.07 bits per heavy atom. The summed E-state index contributed by atoms with van der Waals surface area (Å²) in [6, 6.07) is 9.87. The largest absolute Gasteiger partial charge is 0.452 e. The third-order valence-electron chi connectivity index (χ3n) is 1.83. The van der Waals surface area contributed by atoms with Gasteiger partial charge in [0.25, 0.3) is 0 Å². The van der Waals surface area contributed by atoms with Crippen molar-refractivity contribution in [2.75, 3.05) is 6.61 Å². The summed E-state index contributed by atoms with van der Waals surface area (Å²) in [6.07, 6.45) is 1.13. The van der Waals surface area contributed by atoms with Crippen molar-refractivity contribution in [1.29, 1.82) is 0 Å². The van der Waals surface area contributed by atoms with Crippen molar-refractivity contribution >= 4 is 28.6 Å². The lowest BCUT2D eigenvalue weighted by molar-refractivity contribution is -0.142. The normalized spacial score (nSPS) is 8.87. The Labute approximate surface area is 103 Å². The van der Waals surface area contributed by atoms with Crippen LogP contribution in [0.5, 0.6) is 0 Å². The fraction of sp³-hybridized carbons (Fsp3) is 0.250. The van der Waals surface area contributed by atoms with Crippen LogP contribution in [0.25, 0.3) is 0 Å². The zero-order chi connectivity index (χ0) is 10.9. The molecule has 0 bridgehead atoms. The van der Waals surface area contributed by atoms with E-state index >= 15 is 0 Å². The number of carbonyl (C=O) groups is 1. The van der Waals surface area contributed by atoms with Gasteiger partial charge >= 0.3 is 5.97 Å². The van der Waals surface area contributed by atoms with Crippen molar-refractivity contribution in [3.63, 3.8) is 0 Å². The number of esters is 1. The van der Waals surface area contributed by atoms with Gasteiger partial charge in [0.05, 0.1) is 0 Å². The first-order valence-electron chi connectivity index (χ1n) is 4.61. The van der Waals surface area contributed by atoms with Crippen LogP contribution in [0, 0.1) is 9.85 Å². The van der Waals surface area contributed by atoms with Gasteiger partial charge in [0, 0.05) is 29.0 Å². The molecule has 0 aliphatic rings. The van der Waals surface area contributed by atoms with Gasteiger partial charge in [0.1, 0.15) is 0 Å². The third-order valence-corrected chi connectivity index (χ3v) is 2.21. The number of halogens is 1. The fourth-order valence-corrected chi connectivity index (χ4v) is 1.26. The maximum absolute atomic E-state index is 11.2. The Kier molecular flexibility index (Phi) is 5.86. The van der Waals surface area contributed by atoms with E-state index < -0.39 is 0 Å². The molecular weight excluding hydrogens is 303 g/mol. The van der Waals surface area contributed by atoms with Gasteiger partial charge in [-0.15, -0.1) is 0 Å². The Hall–Kier alpha value is -1.02. The molecule has 3 heteroatoms. The van der Waals surface area contributed by atoms with E-state index in [-0.39, 0.29) is 12.6 Å². The molecule has 2 nitrogen and oxygen atoms in total. The highest BCUT2D eigenvalue weighted by Gasteiger charge is 2.01. The molecule has 0 aliphatic carbocycles. The maximum atomic E-state index is 11.2. The lowest BCUT2D eigenvalue weighted by Gasteiger charge is -2.00. The molecule has 0 aliphatic heterocycles. The van der Waals surface area contributed by atoms with Gasteiger partial charge in [0.15, 0.2) is 6.61 Å². The number of hydrogen-bond acceptors (Lipinski definition) is 2. The van der Waals surface area contributed by atoms with Gasteiger partial charge in [-0.25, -0.2) is 0 Å². The summed E-state index contributed by atoms with van der Waals surface area (Å²) < 4.78 is 7.53. The molecule has 0 radical (unpaired) electrons. The van der Waals surface area contributed by atoms with Crippen molar-refractivity contribution in [3.8, 4) is 9.85 Å². The summed E-state index contributed by atoms with van der Waals surface area (Å²) in [4.78, 5) is 11.2. The van der Waals surface area contributed by atoms with Crippen molar-refractivity contribution in [2.45, 2.75) is 12.8 Å².